The molecule has 0 aliphatic heterocycles. The summed E-state index contributed by atoms with van der Waals surface area (Å²) in [6.07, 6.45) is 9.18. The number of amides is 1. The highest BCUT2D eigenvalue weighted by Gasteiger charge is 2.12. The molecule has 0 saturated carbocycles. The van der Waals surface area contributed by atoms with Crippen molar-refractivity contribution in [2.75, 3.05) is 27.8 Å². The molecule has 0 aromatic heterocycles. The summed E-state index contributed by atoms with van der Waals surface area (Å²) in [7, 11) is 4.87. The molecule has 114 valence electrons. The lowest BCUT2D eigenvalue weighted by atomic mass is 10.1. The Morgan fingerprint density at radius 3 is 2.45 bits per heavy atom. The third-order valence-corrected chi connectivity index (χ3v) is 2.18. The zero-order valence-electron chi connectivity index (χ0n) is 13.5. The van der Waals surface area contributed by atoms with Gasteiger partial charge in [-0.1, -0.05) is 37.6 Å². The van der Waals surface area contributed by atoms with E-state index in [1.165, 1.54) is 4.90 Å². The molecule has 0 atom stereocenters. The first-order valence-electron chi connectivity index (χ1n) is 6.71. The lowest BCUT2D eigenvalue weighted by molar-refractivity contribution is -0.127. The highest BCUT2D eigenvalue weighted by molar-refractivity contribution is 5.97. The molecule has 0 fully saturated rings. The molecule has 0 unspecified atom stereocenters. The minimum Gasteiger partial charge on any atom is -0.388 e. The van der Waals surface area contributed by atoms with Crippen molar-refractivity contribution in [2.45, 2.75) is 27.2 Å². The maximum absolute atomic E-state index is 11.8. The fourth-order valence-corrected chi connectivity index (χ4v) is 1.37. The summed E-state index contributed by atoms with van der Waals surface area (Å²) in [5, 5.41) is 0. The second-order valence-corrected chi connectivity index (χ2v) is 3.95. The quantitative estimate of drug-likeness (QED) is 0.747. The Bertz CT molecular complexity index is 368. The van der Waals surface area contributed by atoms with Crippen LogP contribution in [0.4, 0.5) is 0 Å². The lowest BCUT2D eigenvalue weighted by Gasteiger charge is -2.14. The van der Waals surface area contributed by atoms with E-state index in [9.17, 15) is 9.59 Å². The standard InChI is InChI=1S/C12H15NO2.C2H6O.C2H6/c1-10-5-3-4-6-11(9-10)12(15)13(2)7-8-14;1-3-2;1-2/h3,5-6,8-9H,4,7H2,1-2H3;1-2H3;1-2H3. The van der Waals surface area contributed by atoms with Gasteiger partial charge in [0.1, 0.15) is 6.29 Å². The molecule has 1 aliphatic carbocycles. The maximum Gasteiger partial charge on any atom is 0.253 e. The number of rotatable bonds is 3. The Morgan fingerprint density at radius 2 is 1.95 bits per heavy atom. The summed E-state index contributed by atoms with van der Waals surface area (Å²) < 4.78 is 4.25. The van der Waals surface area contributed by atoms with E-state index in [1.54, 1.807) is 21.3 Å². The Hall–Kier alpha value is -1.68. The molecule has 1 rings (SSSR count). The molecule has 0 aromatic carbocycles. The molecule has 1 amide bonds. The van der Waals surface area contributed by atoms with Gasteiger partial charge in [-0.2, -0.15) is 0 Å². The van der Waals surface area contributed by atoms with Crippen molar-refractivity contribution in [3.8, 4) is 0 Å². The van der Waals surface area contributed by atoms with Gasteiger partial charge in [0, 0.05) is 26.8 Å². The van der Waals surface area contributed by atoms with Crippen LogP contribution in [0.5, 0.6) is 0 Å². The fourth-order valence-electron chi connectivity index (χ4n) is 1.37. The van der Waals surface area contributed by atoms with Crippen LogP contribution in [0.1, 0.15) is 27.2 Å². The van der Waals surface area contributed by atoms with Crippen LogP contribution in [0.25, 0.3) is 0 Å². The van der Waals surface area contributed by atoms with E-state index in [1.807, 2.05) is 45.1 Å². The zero-order chi connectivity index (χ0) is 16.0. The number of likely N-dealkylation sites (N-methyl/N-ethyl adjacent to an activating group) is 1. The van der Waals surface area contributed by atoms with Gasteiger partial charge in [0.05, 0.1) is 6.54 Å². The predicted molar refractivity (Wildman–Crippen MR) is 83.6 cm³/mol. The van der Waals surface area contributed by atoms with Crippen LogP contribution < -0.4 is 0 Å². The summed E-state index contributed by atoms with van der Waals surface area (Å²) in [4.78, 5) is 23.5. The smallest absolute Gasteiger partial charge is 0.253 e. The van der Waals surface area contributed by atoms with Gasteiger partial charge in [0.2, 0.25) is 0 Å². The zero-order valence-corrected chi connectivity index (χ0v) is 13.5. The molecule has 1 aliphatic rings. The van der Waals surface area contributed by atoms with Gasteiger partial charge in [-0.05, 0) is 19.4 Å². The topological polar surface area (TPSA) is 46.6 Å². The Balaban J connectivity index is 0. The van der Waals surface area contributed by atoms with Crippen molar-refractivity contribution in [1.82, 2.24) is 4.90 Å². The second kappa shape index (κ2) is 13.7. The number of hydrogen-bond acceptors (Lipinski definition) is 3. The van der Waals surface area contributed by atoms with Crippen LogP contribution in [0, 0.1) is 0 Å². The van der Waals surface area contributed by atoms with Crippen LogP contribution in [0.3, 0.4) is 0 Å². The monoisotopic (exact) mass is 281 g/mol. The molecule has 20 heavy (non-hydrogen) atoms. The minimum atomic E-state index is -0.106. The molecule has 0 spiro atoms. The third-order valence-electron chi connectivity index (χ3n) is 2.18. The molecule has 0 saturated heterocycles. The van der Waals surface area contributed by atoms with Crippen molar-refractivity contribution in [3.63, 3.8) is 0 Å². The molecule has 0 radical (unpaired) electrons. The molecule has 4 heteroatoms. The van der Waals surface area contributed by atoms with Crippen LogP contribution in [-0.4, -0.2) is 44.9 Å². The summed E-state index contributed by atoms with van der Waals surface area (Å²) >= 11 is 0. The Morgan fingerprint density at radius 1 is 1.40 bits per heavy atom. The SMILES string of the molecule is CC.CC1=CC(C(=O)N(C)CC=O)=CCC=C1.COC. The number of allylic oxidation sites excluding steroid dienone is 4. The van der Waals surface area contributed by atoms with E-state index in [0.717, 1.165) is 18.3 Å². The normalized spacial score (nSPS) is 12.5. The van der Waals surface area contributed by atoms with E-state index in [4.69, 9.17) is 0 Å². The first-order chi connectivity index (χ1) is 9.56. The van der Waals surface area contributed by atoms with Crippen molar-refractivity contribution in [1.29, 1.82) is 0 Å². The van der Waals surface area contributed by atoms with E-state index in [2.05, 4.69) is 4.74 Å². The molecular weight excluding hydrogens is 254 g/mol. The van der Waals surface area contributed by atoms with Crippen LogP contribution in [0.2, 0.25) is 0 Å². The first kappa shape index (κ1) is 20.6. The van der Waals surface area contributed by atoms with Crippen LogP contribution in [-0.2, 0) is 14.3 Å². The van der Waals surface area contributed by atoms with Gasteiger partial charge < -0.3 is 14.4 Å². The van der Waals surface area contributed by atoms with Gasteiger partial charge in [-0.25, -0.2) is 0 Å². The summed E-state index contributed by atoms with van der Waals surface area (Å²) in [5.74, 6) is -0.106. The van der Waals surface area contributed by atoms with Gasteiger partial charge in [-0.15, -0.1) is 0 Å². The van der Waals surface area contributed by atoms with Gasteiger partial charge in [0.15, 0.2) is 0 Å². The van der Waals surface area contributed by atoms with Crippen molar-refractivity contribution >= 4 is 12.2 Å². The van der Waals surface area contributed by atoms with Crippen molar-refractivity contribution < 1.29 is 14.3 Å². The molecular formula is C16H27NO3. The molecule has 4 nitrogen and oxygen atoms in total. The molecule has 0 bridgehead atoms. The van der Waals surface area contributed by atoms with Gasteiger partial charge >= 0.3 is 0 Å². The number of carbonyl (C=O) groups is 2. The Kier molecular flexibility index (Phi) is 14.2. The van der Waals surface area contributed by atoms with E-state index < -0.39 is 0 Å². The van der Waals surface area contributed by atoms with Crippen LogP contribution >= 0.6 is 0 Å². The van der Waals surface area contributed by atoms with E-state index in [-0.39, 0.29) is 12.5 Å². The highest BCUT2D eigenvalue weighted by atomic mass is 16.4. The summed E-state index contributed by atoms with van der Waals surface area (Å²) in [5.41, 5.74) is 1.70. The number of methoxy groups -OCH3 is 1. The van der Waals surface area contributed by atoms with Crippen LogP contribution in [0.15, 0.2) is 35.5 Å². The third kappa shape index (κ3) is 9.28. The van der Waals surface area contributed by atoms with Gasteiger partial charge in [-0.3, -0.25) is 4.79 Å². The number of aldehydes is 1. The molecule has 0 N–H and O–H groups in total. The van der Waals surface area contributed by atoms with Gasteiger partial charge in [0.25, 0.3) is 5.91 Å². The molecule has 0 aromatic rings. The summed E-state index contributed by atoms with van der Waals surface area (Å²) in [6, 6.07) is 0. The predicted octanol–water partition coefficient (Wildman–Crippen LogP) is 2.77. The number of carbonyl (C=O) groups excluding carboxylic acids is 2. The Labute approximate surface area is 122 Å². The lowest BCUT2D eigenvalue weighted by Crippen LogP contribution is -2.29. The maximum atomic E-state index is 11.8. The average molecular weight is 281 g/mol. The largest absolute Gasteiger partial charge is 0.388 e. The number of nitrogens with zero attached hydrogens (tertiary/aromatic N) is 1. The summed E-state index contributed by atoms with van der Waals surface area (Å²) in [6.45, 7) is 6.08. The number of hydrogen-bond donors (Lipinski definition) is 0. The average Bonchev–Trinajstić information content (AvgIpc) is 2.66. The van der Waals surface area contributed by atoms with Crippen molar-refractivity contribution in [3.05, 3.63) is 35.5 Å². The number of ether oxygens (including phenoxy) is 1. The van der Waals surface area contributed by atoms with Crippen molar-refractivity contribution in [2.24, 2.45) is 0 Å². The highest BCUT2D eigenvalue weighted by Crippen LogP contribution is 2.12. The second-order valence-electron chi connectivity index (χ2n) is 3.95. The minimum absolute atomic E-state index is 0.106. The fraction of sp³-hybridized carbons (Fsp3) is 0.500. The molecule has 0 heterocycles. The van der Waals surface area contributed by atoms with E-state index >= 15 is 0 Å². The van der Waals surface area contributed by atoms with E-state index in [0.29, 0.717) is 5.57 Å². The first-order valence-corrected chi connectivity index (χ1v) is 6.71.